The first-order valence-electron chi connectivity index (χ1n) is 6.54. The first kappa shape index (κ1) is 12.3. The van der Waals surface area contributed by atoms with E-state index >= 15 is 0 Å². The maximum atomic E-state index is 5.70. The Labute approximate surface area is 98.7 Å². The minimum Gasteiger partial charge on any atom is -0.381 e. The first-order chi connectivity index (χ1) is 7.79. The lowest BCUT2D eigenvalue weighted by atomic mass is 10.1. The Morgan fingerprint density at radius 2 is 2.06 bits per heavy atom. The van der Waals surface area contributed by atoms with Crippen molar-refractivity contribution in [3.05, 3.63) is 0 Å². The highest BCUT2D eigenvalue weighted by Crippen LogP contribution is 2.15. The fraction of sp³-hybridized carbons (Fsp3) is 1.00. The fourth-order valence-electron chi connectivity index (χ4n) is 2.63. The standard InChI is InChI=1S/C12H25N3O/c1-11(8-13)15-5-3-14(4-6-15)9-12-2-7-16-10-12/h11-12H,2-10,13H2,1H3. The molecule has 0 aliphatic carbocycles. The van der Waals surface area contributed by atoms with Crippen LogP contribution in [0, 0.1) is 5.92 Å². The molecular weight excluding hydrogens is 202 g/mol. The van der Waals surface area contributed by atoms with Crippen molar-refractivity contribution in [3.63, 3.8) is 0 Å². The van der Waals surface area contributed by atoms with Crippen LogP contribution >= 0.6 is 0 Å². The lowest BCUT2D eigenvalue weighted by Gasteiger charge is -2.38. The molecule has 2 aliphatic rings. The van der Waals surface area contributed by atoms with Crippen LogP contribution in [0.1, 0.15) is 13.3 Å². The molecular formula is C12H25N3O. The Morgan fingerprint density at radius 3 is 2.62 bits per heavy atom. The van der Waals surface area contributed by atoms with Crippen LogP contribution in [0.4, 0.5) is 0 Å². The average Bonchev–Trinajstić information content (AvgIpc) is 2.82. The lowest BCUT2D eigenvalue weighted by molar-refractivity contribution is 0.0900. The minimum atomic E-state index is 0.539. The monoisotopic (exact) mass is 227 g/mol. The van der Waals surface area contributed by atoms with Crippen molar-refractivity contribution < 1.29 is 4.74 Å². The summed E-state index contributed by atoms with van der Waals surface area (Å²) in [6, 6.07) is 0.539. The summed E-state index contributed by atoms with van der Waals surface area (Å²) in [6.07, 6.45) is 1.25. The summed E-state index contributed by atoms with van der Waals surface area (Å²) in [7, 11) is 0. The van der Waals surface area contributed by atoms with Gasteiger partial charge in [-0.2, -0.15) is 0 Å². The molecule has 2 rings (SSSR count). The number of nitrogens with zero attached hydrogens (tertiary/aromatic N) is 2. The molecule has 0 saturated carbocycles. The molecule has 2 aliphatic heterocycles. The summed E-state index contributed by atoms with van der Waals surface area (Å²) in [6.45, 7) is 10.9. The Kier molecular flexibility index (Phi) is 4.58. The molecule has 16 heavy (non-hydrogen) atoms. The number of hydrogen-bond donors (Lipinski definition) is 1. The van der Waals surface area contributed by atoms with E-state index < -0.39 is 0 Å². The van der Waals surface area contributed by atoms with Gasteiger partial charge < -0.3 is 15.4 Å². The largest absolute Gasteiger partial charge is 0.381 e. The van der Waals surface area contributed by atoms with Crippen LogP contribution in [0.5, 0.6) is 0 Å². The van der Waals surface area contributed by atoms with E-state index in [-0.39, 0.29) is 0 Å². The Hall–Kier alpha value is -0.160. The smallest absolute Gasteiger partial charge is 0.0507 e. The normalized spacial score (nSPS) is 30.8. The molecule has 0 aromatic rings. The van der Waals surface area contributed by atoms with Crippen molar-refractivity contribution >= 4 is 0 Å². The highest BCUT2D eigenvalue weighted by molar-refractivity contribution is 4.78. The summed E-state index contributed by atoms with van der Waals surface area (Å²) in [5, 5.41) is 0. The van der Waals surface area contributed by atoms with Crippen molar-refractivity contribution in [3.8, 4) is 0 Å². The zero-order valence-corrected chi connectivity index (χ0v) is 10.4. The van der Waals surface area contributed by atoms with Crippen molar-refractivity contribution in [2.24, 2.45) is 11.7 Å². The van der Waals surface area contributed by atoms with E-state index in [1.807, 2.05) is 0 Å². The highest BCUT2D eigenvalue weighted by Gasteiger charge is 2.24. The van der Waals surface area contributed by atoms with E-state index in [0.29, 0.717) is 6.04 Å². The Balaban J connectivity index is 1.68. The number of hydrogen-bond acceptors (Lipinski definition) is 4. The minimum absolute atomic E-state index is 0.539. The van der Waals surface area contributed by atoms with Crippen LogP contribution in [0.2, 0.25) is 0 Å². The zero-order valence-electron chi connectivity index (χ0n) is 10.4. The van der Waals surface area contributed by atoms with Crippen LogP contribution in [0.25, 0.3) is 0 Å². The number of ether oxygens (including phenoxy) is 1. The van der Waals surface area contributed by atoms with Crippen molar-refractivity contribution in [1.82, 2.24) is 9.80 Å². The molecule has 2 unspecified atom stereocenters. The average molecular weight is 227 g/mol. The predicted molar refractivity (Wildman–Crippen MR) is 65.5 cm³/mol. The molecule has 94 valence electrons. The van der Waals surface area contributed by atoms with Gasteiger partial charge in [0.15, 0.2) is 0 Å². The predicted octanol–water partition coefficient (Wildman–Crippen LogP) is -0.0123. The van der Waals surface area contributed by atoms with Gasteiger partial charge in [-0.15, -0.1) is 0 Å². The maximum Gasteiger partial charge on any atom is 0.0507 e. The molecule has 2 N–H and O–H groups in total. The topological polar surface area (TPSA) is 41.7 Å². The fourth-order valence-corrected chi connectivity index (χ4v) is 2.63. The van der Waals surface area contributed by atoms with Gasteiger partial charge in [0.2, 0.25) is 0 Å². The molecule has 0 spiro atoms. The van der Waals surface area contributed by atoms with Gasteiger partial charge in [-0.05, 0) is 19.3 Å². The molecule has 2 atom stereocenters. The quantitative estimate of drug-likeness (QED) is 0.733. The van der Waals surface area contributed by atoms with Crippen LogP contribution in [-0.4, -0.2) is 68.3 Å². The third-order valence-corrected chi connectivity index (χ3v) is 3.91. The first-order valence-corrected chi connectivity index (χ1v) is 6.54. The molecule has 0 aromatic carbocycles. The van der Waals surface area contributed by atoms with E-state index in [9.17, 15) is 0 Å². The summed E-state index contributed by atoms with van der Waals surface area (Å²) in [4.78, 5) is 5.08. The van der Waals surface area contributed by atoms with E-state index in [1.54, 1.807) is 0 Å². The van der Waals surface area contributed by atoms with E-state index in [1.165, 1.54) is 39.1 Å². The molecule has 4 nitrogen and oxygen atoms in total. The molecule has 0 bridgehead atoms. The van der Waals surface area contributed by atoms with Gasteiger partial charge in [0.25, 0.3) is 0 Å². The van der Waals surface area contributed by atoms with Gasteiger partial charge >= 0.3 is 0 Å². The SMILES string of the molecule is CC(CN)N1CCN(CC2CCOC2)CC1. The zero-order chi connectivity index (χ0) is 11.4. The molecule has 2 saturated heterocycles. The Morgan fingerprint density at radius 1 is 1.31 bits per heavy atom. The maximum absolute atomic E-state index is 5.70. The van der Waals surface area contributed by atoms with E-state index in [4.69, 9.17) is 10.5 Å². The number of rotatable bonds is 4. The van der Waals surface area contributed by atoms with Gasteiger partial charge in [-0.25, -0.2) is 0 Å². The van der Waals surface area contributed by atoms with Gasteiger partial charge in [0.1, 0.15) is 0 Å². The summed E-state index contributed by atoms with van der Waals surface area (Å²) in [5.74, 6) is 0.776. The second-order valence-electron chi connectivity index (χ2n) is 5.15. The molecule has 0 amide bonds. The molecule has 2 heterocycles. The van der Waals surface area contributed by atoms with Crippen molar-refractivity contribution in [1.29, 1.82) is 0 Å². The van der Waals surface area contributed by atoms with Crippen molar-refractivity contribution in [2.45, 2.75) is 19.4 Å². The molecule has 0 aromatic heterocycles. The highest BCUT2D eigenvalue weighted by atomic mass is 16.5. The van der Waals surface area contributed by atoms with Crippen LogP contribution < -0.4 is 5.73 Å². The van der Waals surface area contributed by atoms with Gasteiger partial charge in [0.05, 0.1) is 6.61 Å². The number of piperazine rings is 1. The summed E-state index contributed by atoms with van der Waals surface area (Å²) < 4.78 is 5.42. The Bertz CT molecular complexity index is 198. The van der Waals surface area contributed by atoms with Crippen LogP contribution in [0.15, 0.2) is 0 Å². The van der Waals surface area contributed by atoms with Gasteiger partial charge in [-0.3, -0.25) is 4.90 Å². The van der Waals surface area contributed by atoms with Crippen LogP contribution in [-0.2, 0) is 4.74 Å². The second-order valence-corrected chi connectivity index (χ2v) is 5.15. The van der Waals surface area contributed by atoms with Gasteiger partial charge in [-0.1, -0.05) is 0 Å². The van der Waals surface area contributed by atoms with Crippen LogP contribution in [0.3, 0.4) is 0 Å². The molecule has 0 radical (unpaired) electrons. The van der Waals surface area contributed by atoms with E-state index in [0.717, 1.165) is 25.7 Å². The number of nitrogens with two attached hydrogens (primary N) is 1. The lowest BCUT2D eigenvalue weighted by Crippen LogP contribution is -2.52. The second kappa shape index (κ2) is 5.96. The van der Waals surface area contributed by atoms with Gasteiger partial charge in [0, 0.05) is 51.9 Å². The summed E-state index contributed by atoms with van der Waals surface area (Å²) in [5.41, 5.74) is 5.70. The third-order valence-electron chi connectivity index (χ3n) is 3.91. The molecule has 2 fully saturated rings. The van der Waals surface area contributed by atoms with E-state index in [2.05, 4.69) is 16.7 Å². The summed E-state index contributed by atoms with van der Waals surface area (Å²) >= 11 is 0. The molecule has 4 heteroatoms. The van der Waals surface area contributed by atoms with Crippen molar-refractivity contribution in [2.75, 3.05) is 52.5 Å². The third kappa shape index (κ3) is 3.17.